The number of thioether (sulfide) groups is 1. The van der Waals surface area contributed by atoms with Gasteiger partial charge in [-0.2, -0.15) is 0 Å². The summed E-state index contributed by atoms with van der Waals surface area (Å²) in [5.41, 5.74) is 1.21. The second-order valence-corrected chi connectivity index (χ2v) is 8.19. The van der Waals surface area contributed by atoms with Crippen LogP contribution < -0.4 is 4.74 Å². The molecule has 2 aromatic carbocycles. The Morgan fingerprint density at radius 2 is 1.79 bits per heavy atom. The van der Waals surface area contributed by atoms with Gasteiger partial charge in [0.05, 0.1) is 13.2 Å². The molecular formula is C23H30N2O2S. The van der Waals surface area contributed by atoms with E-state index < -0.39 is 0 Å². The van der Waals surface area contributed by atoms with Gasteiger partial charge in [-0.3, -0.25) is 4.79 Å². The number of ether oxygens (including phenoxy) is 1. The van der Waals surface area contributed by atoms with E-state index in [0.717, 1.165) is 44.1 Å². The van der Waals surface area contributed by atoms with Crippen molar-refractivity contribution in [1.29, 1.82) is 0 Å². The van der Waals surface area contributed by atoms with Gasteiger partial charge in [0.1, 0.15) is 5.75 Å². The third kappa shape index (κ3) is 5.52. The van der Waals surface area contributed by atoms with Crippen molar-refractivity contribution >= 4 is 17.7 Å². The largest absolute Gasteiger partial charge is 0.497 e. The molecule has 1 amide bonds. The Morgan fingerprint density at radius 1 is 1.04 bits per heavy atom. The summed E-state index contributed by atoms with van der Waals surface area (Å²) in [6.07, 6.45) is 1.74. The van der Waals surface area contributed by atoms with Crippen molar-refractivity contribution < 1.29 is 9.53 Å². The molecule has 2 aromatic rings. The van der Waals surface area contributed by atoms with Crippen molar-refractivity contribution in [2.24, 2.45) is 0 Å². The third-order valence-corrected chi connectivity index (χ3v) is 6.27. The summed E-state index contributed by atoms with van der Waals surface area (Å²) >= 11 is 1.79. The van der Waals surface area contributed by atoms with Crippen LogP contribution in [0.2, 0.25) is 0 Å². The van der Waals surface area contributed by atoms with Crippen molar-refractivity contribution in [3.8, 4) is 5.75 Å². The Balaban J connectivity index is 1.75. The minimum atomic E-state index is 0.0855. The lowest BCUT2D eigenvalue weighted by molar-refractivity contribution is -0.132. The predicted molar refractivity (Wildman–Crippen MR) is 116 cm³/mol. The fourth-order valence-electron chi connectivity index (χ4n) is 3.64. The summed E-state index contributed by atoms with van der Waals surface area (Å²) in [7, 11) is 1.68. The van der Waals surface area contributed by atoms with Gasteiger partial charge in [-0.15, -0.1) is 11.8 Å². The van der Waals surface area contributed by atoms with Crippen molar-refractivity contribution in [2.75, 3.05) is 39.0 Å². The Bertz CT molecular complexity index is 736. The monoisotopic (exact) mass is 398 g/mol. The predicted octanol–water partition coefficient (Wildman–Crippen LogP) is 4.47. The maximum absolute atomic E-state index is 12.9. The first-order valence-electron chi connectivity index (χ1n) is 10.0. The summed E-state index contributed by atoms with van der Waals surface area (Å²) < 4.78 is 5.25. The molecule has 150 valence electrons. The molecule has 0 N–H and O–H groups in total. The van der Waals surface area contributed by atoms with Gasteiger partial charge in [-0.05, 0) is 42.8 Å². The molecule has 0 unspecified atom stereocenters. The summed E-state index contributed by atoms with van der Waals surface area (Å²) in [4.78, 5) is 18.7. The Morgan fingerprint density at radius 3 is 2.46 bits per heavy atom. The molecule has 0 radical (unpaired) electrons. The molecule has 3 rings (SSSR count). The van der Waals surface area contributed by atoms with Crippen LogP contribution in [0.5, 0.6) is 5.75 Å². The number of nitrogens with zero attached hydrogens (tertiary/aromatic N) is 2. The van der Waals surface area contributed by atoms with E-state index in [1.807, 2.05) is 18.2 Å². The first-order valence-corrected chi connectivity index (χ1v) is 11.0. The molecule has 0 bridgehead atoms. The molecule has 28 heavy (non-hydrogen) atoms. The number of hydrogen-bond acceptors (Lipinski definition) is 4. The van der Waals surface area contributed by atoms with E-state index in [2.05, 4.69) is 53.1 Å². The van der Waals surface area contributed by atoms with Crippen LogP contribution in [0.15, 0.2) is 59.5 Å². The van der Waals surface area contributed by atoms with E-state index in [4.69, 9.17) is 4.74 Å². The molecule has 0 saturated carbocycles. The van der Waals surface area contributed by atoms with Gasteiger partial charge in [-0.25, -0.2) is 0 Å². The molecule has 1 fully saturated rings. The molecular weight excluding hydrogens is 368 g/mol. The number of methoxy groups -OCH3 is 1. The van der Waals surface area contributed by atoms with Crippen LogP contribution in [-0.2, 0) is 4.79 Å². The lowest BCUT2D eigenvalue weighted by Gasteiger charge is -2.31. The molecule has 5 heteroatoms. The highest BCUT2D eigenvalue weighted by Crippen LogP contribution is 2.31. The molecule has 1 atom stereocenters. The highest BCUT2D eigenvalue weighted by atomic mass is 32.2. The minimum absolute atomic E-state index is 0.0855. The molecule has 4 nitrogen and oxygen atoms in total. The van der Waals surface area contributed by atoms with Gasteiger partial charge in [0.25, 0.3) is 0 Å². The standard InChI is InChI=1S/C23H30N2O2S/c1-3-14-24-15-13-23(26)25(17-16-24)22(19-7-5-4-6-8-19)18-28-21-11-9-20(27-2)10-12-21/h4-12,22H,3,13-18H2,1-2H3/t22-/m0/s1. The zero-order valence-corrected chi connectivity index (χ0v) is 17.7. The molecule has 0 aromatic heterocycles. The number of rotatable bonds is 8. The average molecular weight is 399 g/mol. The Hall–Kier alpha value is -1.98. The zero-order valence-electron chi connectivity index (χ0n) is 16.8. The van der Waals surface area contributed by atoms with Crippen molar-refractivity contribution in [2.45, 2.75) is 30.7 Å². The molecule has 1 heterocycles. The average Bonchev–Trinajstić information content (AvgIpc) is 2.92. The second-order valence-electron chi connectivity index (χ2n) is 7.09. The van der Waals surface area contributed by atoms with Gasteiger partial charge >= 0.3 is 0 Å². The van der Waals surface area contributed by atoms with E-state index >= 15 is 0 Å². The van der Waals surface area contributed by atoms with Crippen LogP contribution in [0.1, 0.15) is 31.4 Å². The van der Waals surface area contributed by atoms with E-state index in [1.54, 1.807) is 18.9 Å². The van der Waals surface area contributed by atoms with Crippen molar-refractivity contribution in [3.63, 3.8) is 0 Å². The minimum Gasteiger partial charge on any atom is -0.497 e. The highest BCUT2D eigenvalue weighted by Gasteiger charge is 2.28. The van der Waals surface area contributed by atoms with Crippen molar-refractivity contribution in [3.05, 3.63) is 60.2 Å². The summed E-state index contributed by atoms with van der Waals surface area (Å²) in [5.74, 6) is 1.97. The fraction of sp³-hybridized carbons (Fsp3) is 0.435. The Labute approximate surface area is 172 Å². The van der Waals surface area contributed by atoms with Crippen LogP contribution in [-0.4, -0.2) is 54.7 Å². The molecule has 0 spiro atoms. The van der Waals surface area contributed by atoms with Gasteiger partial charge < -0.3 is 14.5 Å². The van der Waals surface area contributed by atoms with Gasteiger partial charge in [-0.1, -0.05) is 37.3 Å². The number of carbonyl (C=O) groups excluding carboxylic acids is 1. The summed E-state index contributed by atoms with van der Waals surface area (Å²) in [6.45, 7) is 5.88. The van der Waals surface area contributed by atoms with Crippen LogP contribution >= 0.6 is 11.8 Å². The number of carbonyl (C=O) groups is 1. The first-order chi connectivity index (χ1) is 13.7. The second kappa shape index (κ2) is 10.5. The first kappa shape index (κ1) is 20.7. The quantitative estimate of drug-likeness (QED) is 0.614. The summed E-state index contributed by atoms with van der Waals surface area (Å²) in [6, 6.07) is 18.7. The number of amides is 1. The van der Waals surface area contributed by atoms with Gasteiger partial charge in [0.2, 0.25) is 5.91 Å². The fourth-order valence-corrected chi connectivity index (χ4v) is 4.69. The van der Waals surface area contributed by atoms with E-state index in [9.17, 15) is 4.79 Å². The maximum atomic E-state index is 12.9. The molecule has 1 aliphatic heterocycles. The smallest absolute Gasteiger partial charge is 0.224 e. The van der Waals surface area contributed by atoms with Crippen LogP contribution in [0.4, 0.5) is 0 Å². The number of hydrogen-bond donors (Lipinski definition) is 0. The van der Waals surface area contributed by atoms with Crippen LogP contribution in [0, 0.1) is 0 Å². The number of benzene rings is 2. The normalized spacial score (nSPS) is 16.6. The molecule has 0 aliphatic carbocycles. The highest BCUT2D eigenvalue weighted by molar-refractivity contribution is 7.99. The van der Waals surface area contributed by atoms with Crippen LogP contribution in [0.3, 0.4) is 0 Å². The SMILES string of the molecule is CCCN1CCC(=O)N([C@@H](CSc2ccc(OC)cc2)c2ccccc2)CC1. The van der Waals surface area contributed by atoms with E-state index in [1.165, 1.54) is 10.5 Å². The molecule has 1 aliphatic rings. The third-order valence-electron chi connectivity index (χ3n) is 5.19. The maximum Gasteiger partial charge on any atom is 0.224 e. The van der Waals surface area contributed by atoms with Crippen LogP contribution in [0.25, 0.3) is 0 Å². The zero-order chi connectivity index (χ0) is 19.8. The topological polar surface area (TPSA) is 32.8 Å². The van der Waals surface area contributed by atoms with Crippen molar-refractivity contribution in [1.82, 2.24) is 9.80 Å². The lowest BCUT2D eigenvalue weighted by atomic mass is 10.1. The van der Waals surface area contributed by atoms with E-state index in [-0.39, 0.29) is 11.9 Å². The summed E-state index contributed by atoms with van der Waals surface area (Å²) in [5, 5.41) is 0. The Kier molecular flexibility index (Phi) is 7.80. The molecule has 1 saturated heterocycles. The van der Waals surface area contributed by atoms with Gasteiger partial charge in [0.15, 0.2) is 0 Å². The van der Waals surface area contributed by atoms with E-state index in [0.29, 0.717) is 6.42 Å². The van der Waals surface area contributed by atoms with Gasteiger partial charge in [0, 0.05) is 36.7 Å². The lowest BCUT2D eigenvalue weighted by Crippen LogP contribution is -2.37.